The zero-order valence-electron chi connectivity index (χ0n) is 15.3. The van der Waals surface area contributed by atoms with E-state index in [1.807, 2.05) is 0 Å². The van der Waals surface area contributed by atoms with E-state index in [0.29, 0.717) is 0 Å². The summed E-state index contributed by atoms with van der Waals surface area (Å²) in [6.45, 7) is 2.43. The van der Waals surface area contributed by atoms with Crippen LogP contribution in [0.2, 0.25) is 0 Å². The molecule has 0 heterocycles. The van der Waals surface area contributed by atoms with Crippen LogP contribution in [-0.4, -0.2) is 128 Å². The van der Waals surface area contributed by atoms with Crippen molar-refractivity contribution in [1.29, 1.82) is 0 Å². The minimum absolute atomic E-state index is 0. The van der Waals surface area contributed by atoms with E-state index in [1.54, 1.807) is 0 Å². The van der Waals surface area contributed by atoms with Crippen molar-refractivity contribution in [3.05, 3.63) is 0 Å². The first kappa shape index (κ1) is 25.9. The average Bonchev–Trinajstić information content (AvgIpc) is 2.25. The molecule has 0 aliphatic rings. The molecule has 0 saturated carbocycles. The Balaban J connectivity index is -0.0000000963. The Hall–Kier alpha value is 0.969. The summed E-state index contributed by atoms with van der Waals surface area (Å²) in [5.74, 6) is -2.51. The smallest absolute Gasteiger partial charge is 1.00 e. The molecule has 0 rings (SSSR count). The molecule has 112 valence electrons. The minimum Gasteiger partial charge on any atom is -1.00 e. The van der Waals surface area contributed by atoms with Crippen molar-refractivity contribution in [3.63, 3.8) is 0 Å². The summed E-state index contributed by atoms with van der Waals surface area (Å²) in [6, 6.07) is -2.89. The van der Waals surface area contributed by atoms with Gasteiger partial charge >= 0.3 is 93.6 Å². The molecule has 0 aliphatic heterocycles. The zero-order valence-corrected chi connectivity index (χ0v) is 15.7. The summed E-state index contributed by atoms with van der Waals surface area (Å²) >= 11 is 0. The van der Waals surface area contributed by atoms with Crippen molar-refractivity contribution >= 4 is 93.6 Å². The summed E-state index contributed by atoms with van der Waals surface area (Å²) < 4.78 is 8.06. The summed E-state index contributed by atoms with van der Waals surface area (Å²) in [6.07, 6.45) is -4.10. The van der Waals surface area contributed by atoms with Gasteiger partial charge in [0, 0.05) is 0 Å². The first-order chi connectivity index (χ1) is 8.16. The van der Waals surface area contributed by atoms with Gasteiger partial charge in [0.25, 0.3) is 0 Å². The van der Waals surface area contributed by atoms with E-state index in [4.69, 9.17) is 21.7 Å². The molecule has 0 unspecified atom stereocenters. The van der Waals surface area contributed by atoms with Gasteiger partial charge in [-0.3, -0.25) is 0 Å². The summed E-state index contributed by atoms with van der Waals surface area (Å²) in [5, 5.41) is 17.9. The van der Waals surface area contributed by atoms with E-state index in [1.165, 1.54) is 13.8 Å². The second-order valence-corrected chi connectivity index (χ2v) is 3.62. The number of rotatable bonds is 4. The average molecular weight is 348 g/mol. The van der Waals surface area contributed by atoms with Crippen molar-refractivity contribution in [2.75, 3.05) is 0 Å². The Morgan fingerprint density at radius 1 is 0.900 bits per heavy atom. The van der Waals surface area contributed by atoms with Crippen LogP contribution in [-0.2, 0) is 19.1 Å². The minimum atomic E-state index is -1.63. The van der Waals surface area contributed by atoms with E-state index in [2.05, 4.69) is 9.47 Å². The number of aliphatic hydroxyl groups is 2. The summed E-state index contributed by atoms with van der Waals surface area (Å²) in [7, 11) is 0. The van der Waals surface area contributed by atoms with Gasteiger partial charge in [0.1, 0.15) is 12.1 Å². The van der Waals surface area contributed by atoms with Crippen molar-refractivity contribution in [2.45, 2.75) is 38.1 Å². The number of hydrogen-bond acceptors (Lipinski definition) is 9. The van der Waals surface area contributed by atoms with Gasteiger partial charge in [-0.15, -0.1) is 0 Å². The van der Waals surface area contributed by atoms with Crippen molar-refractivity contribution in [2.24, 2.45) is 11.5 Å². The second kappa shape index (κ2) is 12.5. The fraction of sp³-hybridized carbons (Fsp3) is 0.667. The van der Waals surface area contributed by atoms with Crippen molar-refractivity contribution in [1.82, 2.24) is 0 Å². The van der Waals surface area contributed by atoms with Gasteiger partial charge in [-0.2, -0.15) is 0 Å². The fourth-order valence-electron chi connectivity index (χ4n) is 0.715. The van der Waals surface area contributed by atoms with Gasteiger partial charge < -0.3 is 36.9 Å². The first-order valence-corrected chi connectivity index (χ1v) is 5.01. The Bertz CT molecular complexity index is 324. The molecular weight excluding hydrogens is 328 g/mol. The third-order valence-electron chi connectivity index (χ3n) is 1.95. The number of carbonyl (C=O) groups excluding carboxylic acids is 3. The van der Waals surface area contributed by atoms with Crippen LogP contribution in [0.3, 0.4) is 0 Å². The van der Waals surface area contributed by atoms with Crippen LogP contribution in [0.1, 0.15) is 19.6 Å². The topological polar surface area (TPSA) is 162 Å². The molecule has 9 nitrogen and oxygen atoms in total. The second-order valence-electron chi connectivity index (χ2n) is 3.62. The number of carbonyl (C=O) groups is 3. The van der Waals surface area contributed by atoms with Gasteiger partial charge in [-0.25, -0.2) is 14.4 Å². The first-order valence-electron chi connectivity index (χ1n) is 5.01. The normalized spacial score (nSPS) is 15.5. The molecule has 0 aromatic carbocycles. The summed E-state index contributed by atoms with van der Waals surface area (Å²) in [4.78, 5) is 33.1. The van der Waals surface area contributed by atoms with E-state index in [0.717, 1.165) is 0 Å². The van der Waals surface area contributed by atoms with Crippen LogP contribution in [0.25, 0.3) is 0 Å². The molecule has 0 radical (unpaired) electrons. The molecule has 20 heavy (non-hydrogen) atoms. The van der Waals surface area contributed by atoms with E-state index in [9.17, 15) is 14.4 Å². The predicted octanol–water partition coefficient (Wildman–Crippen LogP) is -2.70. The monoisotopic (exact) mass is 348 g/mol. The third-order valence-corrected chi connectivity index (χ3v) is 1.95. The van der Waals surface area contributed by atoms with E-state index in [-0.39, 0.29) is 81.2 Å². The number of nitrogens with two attached hydrogens (primary N) is 2. The Morgan fingerprint density at radius 3 is 1.35 bits per heavy atom. The van der Waals surface area contributed by atoms with Gasteiger partial charge in [-0.05, 0) is 13.8 Å². The molecule has 0 aromatic heterocycles. The van der Waals surface area contributed by atoms with Crippen LogP contribution in [0.4, 0.5) is 4.79 Å². The van der Waals surface area contributed by atoms with Crippen LogP contribution in [0.15, 0.2) is 0 Å². The molecule has 4 atom stereocenters. The standard InChI is InChI=1S/C9H16N2O7.2Ca.4H/c1-3(12)5(10)7(14)17-9(16)18-8(15)6(11)4(2)13;;;;;;/h3-6,12-13H,10-11H2,1-2H3;;;;;;/q;2*+2;4*-1/t3-,4-,5+,6+;;;;;;/m1....../s1. The molecule has 0 aromatic rings. The molecule has 0 bridgehead atoms. The Kier molecular flexibility index (Phi) is 16.2. The van der Waals surface area contributed by atoms with Crippen LogP contribution >= 0.6 is 0 Å². The SMILES string of the molecule is C[C@@H](O)[C@H](N)C(=O)OC(=O)OC(=O)[C@@H](N)[C@@H](C)O.[Ca+2].[Ca+2].[H-].[H-].[H-].[H-]. The van der Waals surface area contributed by atoms with Crippen LogP contribution in [0.5, 0.6) is 0 Å². The molecule has 0 aliphatic carbocycles. The van der Waals surface area contributed by atoms with Crippen molar-refractivity contribution in [3.8, 4) is 0 Å². The maximum absolute atomic E-state index is 11.1. The number of ether oxygens (including phenoxy) is 2. The predicted molar refractivity (Wildman–Crippen MR) is 72.8 cm³/mol. The summed E-state index contributed by atoms with van der Waals surface area (Å²) in [5.41, 5.74) is 10.3. The van der Waals surface area contributed by atoms with E-state index < -0.39 is 42.4 Å². The van der Waals surface area contributed by atoms with Crippen molar-refractivity contribution < 1.29 is 39.8 Å². The molecule has 0 saturated heterocycles. The third kappa shape index (κ3) is 9.82. The number of esters is 2. The molecule has 0 spiro atoms. The molecule has 0 fully saturated rings. The number of aliphatic hydroxyl groups excluding tert-OH is 2. The maximum Gasteiger partial charge on any atom is 2.00 e. The van der Waals surface area contributed by atoms with E-state index >= 15 is 0 Å². The zero-order chi connectivity index (χ0) is 14.5. The van der Waals surface area contributed by atoms with Gasteiger partial charge in [0.15, 0.2) is 0 Å². The maximum atomic E-state index is 11.1. The molecule has 0 amide bonds. The van der Waals surface area contributed by atoms with Crippen LogP contribution in [0, 0.1) is 0 Å². The largest absolute Gasteiger partial charge is 2.00 e. The fourth-order valence-corrected chi connectivity index (χ4v) is 0.715. The molecule has 11 heteroatoms. The molecule has 6 N–H and O–H groups in total. The van der Waals surface area contributed by atoms with Gasteiger partial charge in [-0.1, -0.05) is 0 Å². The quantitative estimate of drug-likeness (QED) is 0.240. The molecular formula is C9H20Ca2N2O7. The Labute approximate surface area is 181 Å². The van der Waals surface area contributed by atoms with Gasteiger partial charge in [0.05, 0.1) is 12.2 Å². The Morgan fingerprint density at radius 2 is 1.15 bits per heavy atom. The van der Waals surface area contributed by atoms with Crippen LogP contribution < -0.4 is 11.5 Å². The van der Waals surface area contributed by atoms with Gasteiger partial charge in [0.2, 0.25) is 0 Å². The number of hydrogen-bond donors (Lipinski definition) is 4.